The van der Waals surface area contributed by atoms with Crippen LogP contribution in [0.1, 0.15) is 5.56 Å². The van der Waals surface area contributed by atoms with Crippen molar-refractivity contribution in [1.82, 2.24) is 0 Å². The highest BCUT2D eigenvalue weighted by atomic mass is 79.9. The maximum absolute atomic E-state index is 6.17. The lowest BCUT2D eigenvalue weighted by molar-refractivity contribution is 0.473. The molecule has 0 amide bonds. The molecule has 2 aromatic carbocycles. The van der Waals surface area contributed by atoms with Gasteiger partial charge < -0.3 is 10.5 Å². The molecule has 0 aliphatic carbocycles. The van der Waals surface area contributed by atoms with Crippen LogP contribution in [0.4, 0.5) is 0 Å². The number of rotatable bonds is 4. The first kappa shape index (κ1) is 13.4. The largest absolute Gasteiger partial charge is 0.456 e. The van der Waals surface area contributed by atoms with Gasteiger partial charge in [-0.1, -0.05) is 29.8 Å². The first-order chi connectivity index (χ1) is 8.72. The van der Waals surface area contributed by atoms with Crippen LogP contribution in [-0.4, -0.2) is 6.54 Å². The SMILES string of the molecule is NCCc1c(Cl)cccc1Oc1ccccc1Br. The maximum atomic E-state index is 6.17. The summed E-state index contributed by atoms with van der Waals surface area (Å²) >= 11 is 9.62. The van der Waals surface area contributed by atoms with Crippen LogP contribution in [0.2, 0.25) is 5.02 Å². The fourth-order valence-corrected chi connectivity index (χ4v) is 2.29. The lowest BCUT2D eigenvalue weighted by Gasteiger charge is -2.13. The van der Waals surface area contributed by atoms with Gasteiger partial charge in [0.2, 0.25) is 0 Å². The van der Waals surface area contributed by atoms with Crippen LogP contribution in [-0.2, 0) is 6.42 Å². The van der Waals surface area contributed by atoms with E-state index in [0.29, 0.717) is 18.0 Å². The maximum Gasteiger partial charge on any atom is 0.141 e. The Kier molecular flexibility index (Phi) is 4.64. The van der Waals surface area contributed by atoms with E-state index in [1.54, 1.807) is 0 Å². The van der Waals surface area contributed by atoms with E-state index in [9.17, 15) is 0 Å². The minimum Gasteiger partial charge on any atom is -0.456 e. The molecule has 0 heterocycles. The second-order valence-corrected chi connectivity index (χ2v) is 5.05. The van der Waals surface area contributed by atoms with Crippen molar-refractivity contribution in [3.63, 3.8) is 0 Å². The Morgan fingerprint density at radius 2 is 1.78 bits per heavy atom. The molecule has 4 heteroatoms. The van der Waals surface area contributed by atoms with Crippen molar-refractivity contribution in [2.45, 2.75) is 6.42 Å². The van der Waals surface area contributed by atoms with Crippen molar-refractivity contribution in [2.24, 2.45) is 5.73 Å². The third kappa shape index (κ3) is 3.05. The number of ether oxygens (including phenoxy) is 1. The zero-order chi connectivity index (χ0) is 13.0. The monoisotopic (exact) mass is 325 g/mol. The molecule has 0 saturated carbocycles. The second-order valence-electron chi connectivity index (χ2n) is 3.79. The van der Waals surface area contributed by atoms with Crippen LogP contribution >= 0.6 is 27.5 Å². The van der Waals surface area contributed by atoms with E-state index >= 15 is 0 Å². The van der Waals surface area contributed by atoms with Crippen molar-refractivity contribution < 1.29 is 4.74 Å². The standard InChI is InChI=1S/C14H13BrClNO/c15-11-4-1-2-6-14(11)18-13-7-3-5-12(16)10(13)8-9-17/h1-7H,8-9,17H2. The van der Waals surface area contributed by atoms with E-state index in [1.165, 1.54) is 0 Å². The average Bonchev–Trinajstić information content (AvgIpc) is 2.36. The van der Waals surface area contributed by atoms with E-state index < -0.39 is 0 Å². The summed E-state index contributed by atoms with van der Waals surface area (Å²) in [6, 6.07) is 13.3. The highest BCUT2D eigenvalue weighted by molar-refractivity contribution is 9.10. The molecule has 0 bridgehead atoms. The number of benzene rings is 2. The van der Waals surface area contributed by atoms with Crippen LogP contribution < -0.4 is 10.5 Å². The van der Waals surface area contributed by atoms with Gasteiger partial charge >= 0.3 is 0 Å². The van der Waals surface area contributed by atoms with E-state index in [0.717, 1.165) is 21.5 Å². The molecule has 0 unspecified atom stereocenters. The van der Waals surface area contributed by atoms with Crippen LogP contribution in [0.25, 0.3) is 0 Å². The molecule has 0 radical (unpaired) electrons. The molecule has 2 aromatic rings. The first-order valence-corrected chi connectivity index (χ1v) is 6.79. The van der Waals surface area contributed by atoms with Crippen molar-refractivity contribution in [1.29, 1.82) is 0 Å². The number of para-hydroxylation sites is 1. The van der Waals surface area contributed by atoms with Gasteiger partial charge in [-0.25, -0.2) is 0 Å². The third-order valence-electron chi connectivity index (χ3n) is 2.53. The normalized spacial score (nSPS) is 10.4. The molecule has 0 atom stereocenters. The smallest absolute Gasteiger partial charge is 0.141 e. The molecule has 0 aromatic heterocycles. The predicted molar refractivity (Wildman–Crippen MR) is 78.4 cm³/mol. The molecule has 0 aliphatic rings. The van der Waals surface area contributed by atoms with E-state index in [-0.39, 0.29) is 0 Å². The third-order valence-corrected chi connectivity index (χ3v) is 3.54. The molecule has 2 N–H and O–H groups in total. The van der Waals surface area contributed by atoms with Crippen LogP contribution in [0, 0.1) is 0 Å². The molecule has 0 aliphatic heterocycles. The summed E-state index contributed by atoms with van der Waals surface area (Å²) in [6.45, 7) is 0.538. The molecular weight excluding hydrogens is 314 g/mol. The van der Waals surface area contributed by atoms with E-state index in [2.05, 4.69) is 15.9 Å². The van der Waals surface area contributed by atoms with Crippen molar-refractivity contribution in [3.8, 4) is 11.5 Å². The topological polar surface area (TPSA) is 35.2 Å². The molecule has 0 fully saturated rings. The predicted octanol–water partition coefficient (Wildman–Crippen LogP) is 4.40. The molecular formula is C14H13BrClNO. The van der Waals surface area contributed by atoms with Gasteiger partial charge in [0.25, 0.3) is 0 Å². The van der Waals surface area contributed by atoms with Crippen LogP contribution in [0.15, 0.2) is 46.9 Å². The molecule has 18 heavy (non-hydrogen) atoms. The summed E-state index contributed by atoms with van der Waals surface area (Å²) in [5.41, 5.74) is 6.54. The number of hydrogen-bond donors (Lipinski definition) is 1. The number of halogens is 2. The zero-order valence-electron chi connectivity index (χ0n) is 9.70. The lowest BCUT2D eigenvalue weighted by Crippen LogP contribution is -2.04. The van der Waals surface area contributed by atoms with Crippen LogP contribution in [0.5, 0.6) is 11.5 Å². The Hall–Kier alpha value is -1.03. The molecule has 2 rings (SSSR count). The Bertz CT molecular complexity index is 545. The van der Waals surface area contributed by atoms with Gasteiger partial charge in [0, 0.05) is 10.6 Å². The summed E-state index contributed by atoms with van der Waals surface area (Å²) in [6.07, 6.45) is 0.694. The van der Waals surface area contributed by atoms with Crippen LogP contribution in [0.3, 0.4) is 0 Å². The fraction of sp³-hybridized carbons (Fsp3) is 0.143. The van der Waals surface area contributed by atoms with Gasteiger partial charge in [-0.15, -0.1) is 0 Å². The average molecular weight is 327 g/mol. The molecule has 0 saturated heterocycles. The van der Waals surface area contributed by atoms with Gasteiger partial charge in [-0.3, -0.25) is 0 Å². The lowest BCUT2D eigenvalue weighted by atomic mass is 10.1. The molecule has 0 spiro atoms. The summed E-state index contributed by atoms with van der Waals surface area (Å²) in [5, 5.41) is 0.685. The van der Waals surface area contributed by atoms with Crippen molar-refractivity contribution >= 4 is 27.5 Å². The van der Waals surface area contributed by atoms with Gasteiger partial charge in [-0.2, -0.15) is 0 Å². The van der Waals surface area contributed by atoms with Gasteiger partial charge in [0.05, 0.1) is 4.47 Å². The Balaban J connectivity index is 2.34. The van der Waals surface area contributed by atoms with Gasteiger partial charge in [-0.05, 0) is 53.2 Å². The summed E-state index contributed by atoms with van der Waals surface area (Å²) in [4.78, 5) is 0. The van der Waals surface area contributed by atoms with E-state index in [4.69, 9.17) is 22.1 Å². The Labute approximate surface area is 120 Å². The van der Waals surface area contributed by atoms with Gasteiger partial charge in [0.1, 0.15) is 11.5 Å². The molecule has 2 nitrogen and oxygen atoms in total. The summed E-state index contributed by atoms with van der Waals surface area (Å²) in [5.74, 6) is 1.51. The summed E-state index contributed by atoms with van der Waals surface area (Å²) < 4.78 is 6.79. The Morgan fingerprint density at radius 3 is 2.50 bits per heavy atom. The first-order valence-electron chi connectivity index (χ1n) is 5.62. The highest BCUT2D eigenvalue weighted by Crippen LogP contribution is 2.34. The number of hydrogen-bond acceptors (Lipinski definition) is 2. The Morgan fingerprint density at radius 1 is 1.06 bits per heavy atom. The van der Waals surface area contributed by atoms with E-state index in [1.807, 2.05) is 42.5 Å². The highest BCUT2D eigenvalue weighted by Gasteiger charge is 2.09. The minimum absolute atomic E-state index is 0.538. The zero-order valence-corrected chi connectivity index (χ0v) is 12.0. The minimum atomic E-state index is 0.538. The quantitative estimate of drug-likeness (QED) is 0.904. The molecule has 94 valence electrons. The number of nitrogens with two attached hydrogens (primary N) is 1. The fourth-order valence-electron chi connectivity index (χ4n) is 1.67. The second kappa shape index (κ2) is 6.23. The van der Waals surface area contributed by atoms with Crippen molar-refractivity contribution in [2.75, 3.05) is 6.54 Å². The van der Waals surface area contributed by atoms with Gasteiger partial charge in [0.15, 0.2) is 0 Å². The van der Waals surface area contributed by atoms with Crippen molar-refractivity contribution in [3.05, 3.63) is 57.5 Å². The summed E-state index contributed by atoms with van der Waals surface area (Å²) in [7, 11) is 0.